The lowest BCUT2D eigenvalue weighted by atomic mass is 10.1. The van der Waals surface area contributed by atoms with Gasteiger partial charge in [-0.15, -0.1) is 0 Å². The Morgan fingerprint density at radius 2 is 1.95 bits per heavy atom. The molecule has 1 aromatic carbocycles. The fourth-order valence-corrected chi connectivity index (χ4v) is 1.56. The van der Waals surface area contributed by atoms with Crippen LogP contribution in [-0.2, 0) is 9.59 Å². The van der Waals surface area contributed by atoms with Gasteiger partial charge in [0.15, 0.2) is 0 Å². The molecule has 0 bridgehead atoms. The number of nitrogens with two attached hydrogens (primary N) is 1. The number of hydrogen-bond acceptors (Lipinski definition) is 3. The topological polar surface area (TPSA) is 84.2 Å². The highest BCUT2D eigenvalue weighted by atomic mass is 16.2. The highest BCUT2D eigenvalue weighted by Crippen LogP contribution is 2.20. The molecule has 5 heteroatoms. The molecule has 19 heavy (non-hydrogen) atoms. The van der Waals surface area contributed by atoms with E-state index >= 15 is 0 Å². The Kier molecular flexibility index (Phi) is 6.02. The van der Waals surface area contributed by atoms with Gasteiger partial charge >= 0.3 is 0 Å². The number of nitrogens with one attached hydrogen (secondary N) is 2. The quantitative estimate of drug-likeness (QED) is 0.734. The molecule has 0 saturated heterocycles. The number of hydrogen-bond donors (Lipinski definition) is 3. The summed E-state index contributed by atoms with van der Waals surface area (Å²) in [6.45, 7) is 4.20. The van der Waals surface area contributed by atoms with Crippen molar-refractivity contribution in [1.82, 2.24) is 0 Å². The number of benzene rings is 1. The van der Waals surface area contributed by atoms with Crippen LogP contribution in [0.25, 0.3) is 0 Å². The Morgan fingerprint density at radius 1 is 1.21 bits per heavy atom. The van der Waals surface area contributed by atoms with Crippen molar-refractivity contribution < 1.29 is 9.59 Å². The van der Waals surface area contributed by atoms with E-state index in [2.05, 4.69) is 10.6 Å². The van der Waals surface area contributed by atoms with E-state index in [1.54, 1.807) is 13.0 Å². The molecule has 1 aromatic rings. The number of carbonyl (C=O) groups excluding carboxylic acids is 2. The predicted octanol–water partition coefficient (Wildman–Crippen LogP) is 2.02. The van der Waals surface area contributed by atoms with Crippen molar-refractivity contribution in [2.45, 2.75) is 33.1 Å². The van der Waals surface area contributed by atoms with Gasteiger partial charge in [-0.25, -0.2) is 0 Å². The first-order valence-electron chi connectivity index (χ1n) is 6.47. The molecule has 0 aliphatic carbocycles. The van der Waals surface area contributed by atoms with E-state index in [0.717, 1.165) is 11.3 Å². The number of anilines is 2. The zero-order valence-corrected chi connectivity index (χ0v) is 11.5. The molecule has 4 N–H and O–H groups in total. The van der Waals surface area contributed by atoms with Crippen LogP contribution in [0.5, 0.6) is 0 Å². The average molecular weight is 263 g/mol. The van der Waals surface area contributed by atoms with Crippen molar-refractivity contribution >= 4 is 23.2 Å². The van der Waals surface area contributed by atoms with E-state index < -0.39 is 0 Å². The Bertz CT molecular complexity index is 458. The van der Waals surface area contributed by atoms with Gasteiger partial charge in [0.1, 0.15) is 0 Å². The van der Waals surface area contributed by atoms with Crippen LogP contribution in [0.3, 0.4) is 0 Å². The second kappa shape index (κ2) is 7.53. The van der Waals surface area contributed by atoms with E-state index in [9.17, 15) is 9.59 Å². The Labute approximate surface area is 113 Å². The third-order valence-corrected chi connectivity index (χ3v) is 2.72. The van der Waals surface area contributed by atoms with Gasteiger partial charge in [0.2, 0.25) is 11.8 Å². The SMILES string of the molecule is CCC(=O)Nc1cc(NC(=O)CCCN)ccc1C. The molecule has 0 fully saturated rings. The minimum atomic E-state index is -0.0675. The van der Waals surface area contributed by atoms with Gasteiger partial charge in [-0.3, -0.25) is 9.59 Å². The molecular formula is C14H21N3O2. The summed E-state index contributed by atoms with van der Waals surface area (Å²) in [5, 5.41) is 5.60. The average Bonchev–Trinajstić information content (AvgIpc) is 2.40. The first-order valence-corrected chi connectivity index (χ1v) is 6.47. The molecule has 0 radical (unpaired) electrons. The van der Waals surface area contributed by atoms with Crippen LogP contribution in [-0.4, -0.2) is 18.4 Å². The fourth-order valence-electron chi connectivity index (χ4n) is 1.56. The van der Waals surface area contributed by atoms with Gasteiger partial charge in [0.25, 0.3) is 0 Å². The minimum absolute atomic E-state index is 0.0466. The van der Waals surface area contributed by atoms with Crippen molar-refractivity contribution in [3.05, 3.63) is 23.8 Å². The maximum absolute atomic E-state index is 11.6. The molecule has 5 nitrogen and oxygen atoms in total. The summed E-state index contributed by atoms with van der Waals surface area (Å²) in [4.78, 5) is 23.0. The summed E-state index contributed by atoms with van der Waals surface area (Å²) in [6.07, 6.45) is 1.49. The van der Waals surface area contributed by atoms with E-state index in [0.29, 0.717) is 31.5 Å². The standard InChI is InChI=1S/C14H21N3O2/c1-3-13(18)17-12-9-11(7-6-10(12)2)16-14(19)5-4-8-15/h6-7,9H,3-5,8,15H2,1-2H3,(H,16,19)(H,17,18). The number of aryl methyl sites for hydroxylation is 1. The first kappa shape index (κ1) is 15.2. The number of carbonyl (C=O) groups is 2. The molecule has 104 valence electrons. The maximum Gasteiger partial charge on any atom is 0.224 e. The summed E-state index contributed by atoms with van der Waals surface area (Å²) in [5.41, 5.74) is 7.72. The predicted molar refractivity (Wildman–Crippen MR) is 77.0 cm³/mol. The lowest BCUT2D eigenvalue weighted by molar-refractivity contribution is -0.116. The van der Waals surface area contributed by atoms with Crippen LogP contribution in [0.2, 0.25) is 0 Å². The Hall–Kier alpha value is -1.88. The molecule has 0 atom stereocenters. The van der Waals surface area contributed by atoms with Crippen LogP contribution in [0, 0.1) is 6.92 Å². The zero-order chi connectivity index (χ0) is 14.3. The number of rotatable bonds is 6. The third kappa shape index (κ3) is 5.09. The highest BCUT2D eigenvalue weighted by Gasteiger charge is 2.06. The second-order valence-corrected chi connectivity index (χ2v) is 4.37. The summed E-state index contributed by atoms with van der Waals surface area (Å²) in [6, 6.07) is 5.45. The van der Waals surface area contributed by atoms with E-state index in [-0.39, 0.29) is 11.8 Å². The van der Waals surface area contributed by atoms with E-state index in [4.69, 9.17) is 5.73 Å². The highest BCUT2D eigenvalue weighted by molar-refractivity contribution is 5.94. The van der Waals surface area contributed by atoms with Gasteiger partial charge in [-0.2, -0.15) is 0 Å². The second-order valence-electron chi connectivity index (χ2n) is 4.37. The Morgan fingerprint density at radius 3 is 2.58 bits per heavy atom. The maximum atomic E-state index is 11.6. The van der Waals surface area contributed by atoms with Crippen molar-refractivity contribution in [2.24, 2.45) is 5.73 Å². The largest absolute Gasteiger partial charge is 0.330 e. The van der Waals surface area contributed by atoms with Crippen LogP contribution in [0.4, 0.5) is 11.4 Å². The molecular weight excluding hydrogens is 242 g/mol. The van der Waals surface area contributed by atoms with Gasteiger partial charge in [-0.1, -0.05) is 13.0 Å². The molecule has 0 aliphatic heterocycles. The zero-order valence-electron chi connectivity index (χ0n) is 11.5. The fraction of sp³-hybridized carbons (Fsp3) is 0.429. The van der Waals surface area contributed by atoms with E-state index in [1.165, 1.54) is 0 Å². The molecule has 2 amide bonds. The van der Waals surface area contributed by atoms with Crippen molar-refractivity contribution in [1.29, 1.82) is 0 Å². The molecule has 0 aromatic heterocycles. The normalized spacial score (nSPS) is 10.1. The summed E-state index contributed by atoms with van der Waals surface area (Å²) in [5.74, 6) is -0.114. The van der Waals surface area contributed by atoms with E-state index in [1.807, 2.05) is 19.1 Å². The molecule has 0 aliphatic rings. The Balaban J connectivity index is 2.72. The molecule has 1 rings (SSSR count). The van der Waals surface area contributed by atoms with Gasteiger partial charge < -0.3 is 16.4 Å². The van der Waals surface area contributed by atoms with Crippen molar-refractivity contribution in [2.75, 3.05) is 17.2 Å². The van der Waals surface area contributed by atoms with Gasteiger partial charge in [0, 0.05) is 24.2 Å². The monoisotopic (exact) mass is 263 g/mol. The lowest BCUT2D eigenvalue weighted by Gasteiger charge is -2.11. The van der Waals surface area contributed by atoms with Crippen molar-refractivity contribution in [3.63, 3.8) is 0 Å². The number of amides is 2. The van der Waals surface area contributed by atoms with Crippen LogP contribution >= 0.6 is 0 Å². The molecule has 0 spiro atoms. The van der Waals surface area contributed by atoms with Crippen molar-refractivity contribution in [3.8, 4) is 0 Å². The first-order chi connectivity index (χ1) is 9.06. The smallest absolute Gasteiger partial charge is 0.224 e. The van der Waals surface area contributed by atoms with Crippen LogP contribution in [0.15, 0.2) is 18.2 Å². The third-order valence-electron chi connectivity index (χ3n) is 2.72. The van der Waals surface area contributed by atoms with Crippen LogP contribution in [0.1, 0.15) is 31.7 Å². The summed E-state index contributed by atoms with van der Waals surface area (Å²) >= 11 is 0. The summed E-state index contributed by atoms with van der Waals surface area (Å²) in [7, 11) is 0. The molecule has 0 heterocycles. The lowest BCUT2D eigenvalue weighted by Crippen LogP contribution is -2.14. The van der Waals surface area contributed by atoms with Gasteiger partial charge in [-0.05, 0) is 37.6 Å². The van der Waals surface area contributed by atoms with Gasteiger partial charge in [0.05, 0.1) is 0 Å². The minimum Gasteiger partial charge on any atom is -0.330 e. The molecule has 0 saturated carbocycles. The molecule has 0 unspecified atom stereocenters. The summed E-state index contributed by atoms with van der Waals surface area (Å²) < 4.78 is 0. The van der Waals surface area contributed by atoms with Crippen LogP contribution < -0.4 is 16.4 Å².